The highest BCUT2D eigenvalue weighted by molar-refractivity contribution is 5.51. The Labute approximate surface area is 141 Å². The molecule has 5 nitrogen and oxygen atoms in total. The lowest BCUT2D eigenvalue weighted by Crippen LogP contribution is -1.98. The molecule has 0 N–H and O–H groups in total. The van der Waals surface area contributed by atoms with Crippen molar-refractivity contribution in [3.8, 4) is 17.6 Å². The summed E-state index contributed by atoms with van der Waals surface area (Å²) in [6.07, 6.45) is 2.45. The molecule has 0 aliphatic carbocycles. The van der Waals surface area contributed by atoms with E-state index in [0.29, 0.717) is 24.5 Å². The van der Waals surface area contributed by atoms with Crippen LogP contribution in [0.4, 0.5) is 0 Å². The molecule has 0 fully saturated rings. The minimum absolute atomic E-state index is 0.562. The van der Waals surface area contributed by atoms with E-state index >= 15 is 0 Å². The molecule has 122 valence electrons. The molecule has 0 bridgehead atoms. The molecule has 0 spiro atoms. The van der Waals surface area contributed by atoms with Gasteiger partial charge >= 0.3 is 0 Å². The maximum absolute atomic E-state index is 9.51. The number of hydrogen-bond donors (Lipinski definition) is 0. The van der Waals surface area contributed by atoms with E-state index in [2.05, 4.69) is 11.1 Å². The zero-order valence-corrected chi connectivity index (χ0v) is 14.0. The van der Waals surface area contributed by atoms with Crippen molar-refractivity contribution < 1.29 is 9.47 Å². The van der Waals surface area contributed by atoms with E-state index in [1.54, 1.807) is 7.11 Å². The zero-order valence-electron chi connectivity index (χ0n) is 14.0. The minimum atomic E-state index is 0.562. The van der Waals surface area contributed by atoms with Gasteiger partial charge in [-0.05, 0) is 49.2 Å². The van der Waals surface area contributed by atoms with Crippen LogP contribution in [0.5, 0.6) is 11.5 Å². The van der Waals surface area contributed by atoms with Gasteiger partial charge in [0.05, 0.1) is 19.4 Å². The first-order valence-electron chi connectivity index (χ1n) is 7.83. The Kier molecular flexibility index (Phi) is 4.39. The molecule has 0 saturated carbocycles. The van der Waals surface area contributed by atoms with E-state index in [1.807, 2.05) is 54.8 Å². The molecule has 2 heterocycles. The van der Waals surface area contributed by atoms with Crippen molar-refractivity contribution in [1.82, 2.24) is 9.38 Å². The van der Waals surface area contributed by atoms with Gasteiger partial charge in [-0.25, -0.2) is 4.98 Å². The molecule has 24 heavy (non-hydrogen) atoms. The maximum Gasteiger partial charge on any atom is 0.161 e. The Morgan fingerprint density at radius 1 is 1.21 bits per heavy atom. The zero-order chi connectivity index (χ0) is 17.1. The Morgan fingerprint density at radius 3 is 2.75 bits per heavy atom. The number of aryl methyl sites for hydroxylation is 1. The summed E-state index contributed by atoms with van der Waals surface area (Å²) >= 11 is 0. The number of pyridine rings is 1. The van der Waals surface area contributed by atoms with Crippen molar-refractivity contribution in [3.05, 3.63) is 59.0 Å². The van der Waals surface area contributed by atoms with Crippen LogP contribution in [0.3, 0.4) is 0 Å². The molecule has 0 aliphatic rings. The van der Waals surface area contributed by atoms with Crippen molar-refractivity contribution >= 4 is 5.65 Å². The molecule has 3 rings (SSSR count). The third-order valence-corrected chi connectivity index (χ3v) is 3.86. The quantitative estimate of drug-likeness (QED) is 0.721. The molecule has 2 aromatic heterocycles. The van der Waals surface area contributed by atoms with Crippen molar-refractivity contribution in [2.24, 2.45) is 0 Å². The second-order valence-electron chi connectivity index (χ2n) is 5.55. The van der Waals surface area contributed by atoms with Gasteiger partial charge in [0.1, 0.15) is 17.4 Å². The average Bonchev–Trinajstić information content (AvgIpc) is 2.92. The van der Waals surface area contributed by atoms with Crippen LogP contribution in [0, 0.1) is 18.3 Å². The normalized spacial score (nSPS) is 10.6. The molecule has 0 aliphatic heterocycles. The summed E-state index contributed by atoms with van der Waals surface area (Å²) in [5, 5.41) is 9.51. The summed E-state index contributed by atoms with van der Waals surface area (Å²) in [6, 6.07) is 12.0. The van der Waals surface area contributed by atoms with E-state index in [1.165, 1.54) is 0 Å². The highest BCUT2D eigenvalue weighted by Gasteiger charge is 2.14. The molecule has 0 saturated heterocycles. The fraction of sp³-hybridized carbons (Fsp3) is 0.263. The van der Waals surface area contributed by atoms with Gasteiger partial charge in [0, 0.05) is 12.6 Å². The van der Waals surface area contributed by atoms with Crippen molar-refractivity contribution in [2.75, 3.05) is 13.7 Å². The Balaban J connectivity index is 1.99. The number of rotatable bonds is 5. The lowest BCUT2D eigenvalue weighted by molar-refractivity contribution is 0.310. The van der Waals surface area contributed by atoms with Gasteiger partial charge in [-0.3, -0.25) is 4.40 Å². The lowest BCUT2D eigenvalue weighted by atomic mass is 10.1. The van der Waals surface area contributed by atoms with Crippen LogP contribution in [0.1, 0.15) is 29.4 Å². The molecule has 3 aromatic rings. The third kappa shape index (κ3) is 2.91. The van der Waals surface area contributed by atoms with Crippen molar-refractivity contribution in [1.29, 1.82) is 5.26 Å². The van der Waals surface area contributed by atoms with Gasteiger partial charge in [-0.1, -0.05) is 6.07 Å². The number of ether oxygens (including phenoxy) is 2. The molecule has 0 unspecified atom stereocenters. The van der Waals surface area contributed by atoms with Gasteiger partial charge in [0.25, 0.3) is 0 Å². The third-order valence-electron chi connectivity index (χ3n) is 3.86. The predicted octanol–water partition coefficient (Wildman–Crippen LogP) is 3.51. The lowest BCUT2D eigenvalue weighted by Gasteiger charge is -2.10. The minimum Gasteiger partial charge on any atom is -0.493 e. The molecule has 0 amide bonds. The van der Waals surface area contributed by atoms with Crippen LogP contribution in [-0.4, -0.2) is 23.1 Å². The topological polar surface area (TPSA) is 59.5 Å². The predicted molar refractivity (Wildman–Crippen MR) is 91.6 cm³/mol. The van der Waals surface area contributed by atoms with Crippen LogP contribution in [0.15, 0.2) is 36.5 Å². The Hall–Kier alpha value is -3.00. The highest BCUT2D eigenvalue weighted by atomic mass is 16.5. The van der Waals surface area contributed by atoms with Crippen LogP contribution < -0.4 is 9.47 Å². The van der Waals surface area contributed by atoms with E-state index in [-0.39, 0.29) is 0 Å². The summed E-state index contributed by atoms with van der Waals surface area (Å²) < 4.78 is 12.8. The van der Waals surface area contributed by atoms with Crippen molar-refractivity contribution in [2.45, 2.75) is 20.3 Å². The number of nitriles is 1. The van der Waals surface area contributed by atoms with E-state index in [0.717, 1.165) is 28.2 Å². The first-order chi connectivity index (χ1) is 11.7. The van der Waals surface area contributed by atoms with Gasteiger partial charge in [0.15, 0.2) is 11.5 Å². The number of methoxy groups -OCH3 is 1. The largest absolute Gasteiger partial charge is 0.493 e. The van der Waals surface area contributed by atoms with Gasteiger partial charge in [-0.2, -0.15) is 5.26 Å². The average molecular weight is 321 g/mol. The first kappa shape index (κ1) is 15.9. The number of fused-ring (bicyclic) bond motifs is 1. The van der Waals surface area contributed by atoms with E-state index < -0.39 is 0 Å². The Bertz CT molecular complexity index is 922. The maximum atomic E-state index is 9.51. The van der Waals surface area contributed by atoms with Crippen LogP contribution >= 0.6 is 0 Å². The summed E-state index contributed by atoms with van der Waals surface area (Å²) in [4.78, 5) is 4.62. The van der Waals surface area contributed by atoms with E-state index in [4.69, 9.17) is 9.47 Å². The first-order valence-corrected chi connectivity index (χ1v) is 7.83. The van der Waals surface area contributed by atoms with Gasteiger partial charge in [-0.15, -0.1) is 0 Å². The van der Waals surface area contributed by atoms with Crippen molar-refractivity contribution in [3.63, 3.8) is 0 Å². The molecule has 0 radical (unpaired) electrons. The summed E-state index contributed by atoms with van der Waals surface area (Å²) in [5.41, 5.74) is 4.25. The molecule has 1 aromatic carbocycles. The molecular weight excluding hydrogens is 302 g/mol. The van der Waals surface area contributed by atoms with Gasteiger partial charge < -0.3 is 9.47 Å². The SMILES string of the molecule is CCOc1ccc(Cc2nc3cc(C)ccn3c2C#N)cc1OC. The standard InChI is InChI=1S/C19H19N3O2/c1-4-24-17-6-5-14(11-18(17)23-3)10-15-16(12-20)22-8-7-13(2)9-19(22)21-15/h5-9,11H,4,10H2,1-3H3. The van der Waals surface area contributed by atoms with Crippen LogP contribution in [0.25, 0.3) is 5.65 Å². The Morgan fingerprint density at radius 2 is 2.04 bits per heavy atom. The van der Waals surface area contributed by atoms with E-state index in [9.17, 15) is 5.26 Å². The monoisotopic (exact) mass is 321 g/mol. The fourth-order valence-electron chi connectivity index (χ4n) is 2.73. The number of aromatic nitrogens is 2. The number of nitrogens with zero attached hydrogens (tertiary/aromatic N) is 3. The molecule has 0 atom stereocenters. The van der Waals surface area contributed by atoms with Gasteiger partial charge in [0.2, 0.25) is 0 Å². The van der Waals surface area contributed by atoms with Crippen LogP contribution in [0.2, 0.25) is 0 Å². The number of hydrogen-bond acceptors (Lipinski definition) is 4. The summed E-state index contributed by atoms with van der Waals surface area (Å²) in [5.74, 6) is 1.40. The molecular formula is C19H19N3O2. The van der Waals surface area contributed by atoms with Crippen LogP contribution in [-0.2, 0) is 6.42 Å². The summed E-state index contributed by atoms with van der Waals surface area (Å²) in [7, 11) is 1.62. The second kappa shape index (κ2) is 6.63. The number of benzene rings is 1. The second-order valence-corrected chi connectivity index (χ2v) is 5.55. The highest BCUT2D eigenvalue weighted by Crippen LogP contribution is 2.29. The number of imidazole rings is 1. The smallest absolute Gasteiger partial charge is 0.161 e. The summed E-state index contributed by atoms with van der Waals surface area (Å²) in [6.45, 7) is 4.53. The fourth-order valence-corrected chi connectivity index (χ4v) is 2.73. The molecule has 5 heteroatoms.